The van der Waals surface area contributed by atoms with Gasteiger partial charge in [-0.1, -0.05) is 13.3 Å². The summed E-state index contributed by atoms with van der Waals surface area (Å²) in [5.41, 5.74) is 2.17. The zero-order chi connectivity index (χ0) is 15.2. The Bertz CT molecular complexity index is 490. The molecular weight excluding hydrogens is 266 g/mol. The maximum atomic E-state index is 11.0. The third-order valence-corrected chi connectivity index (χ3v) is 4.48. The van der Waals surface area contributed by atoms with Crippen molar-refractivity contribution in [3.63, 3.8) is 0 Å². The van der Waals surface area contributed by atoms with E-state index in [1.54, 1.807) is 18.2 Å². The van der Waals surface area contributed by atoms with E-state index in [4.69, 9.17) is 0 Å². The van der Waals surface area contributed by atoms with Crippen molar-refractivity contribution in [3.05, 3.63) is 33.9 Å². The average Bonchev–Trinajstić information content (AvgIpc) is 2.72. The molecular formula is C16H25N3O2. The van der Waals surface area contributed by atoms with Crippen LogP contribution in [-0.4, -0.2) is 30.0 Å². The Hall–Kier alpha value is -1.62. The van der Waals surface area contributed by atoms with Gasteiger partial charge in [0, 0.05) is 31.4 Å². The summed E-state index contributed by atoms with van der Waals surface area (Å²) in [4.78, 5) is 13.1. The average molecular weight is 291 g/mol. The first kappa shape index (κ1) is 15.8. The maximum absolute atomic E-state index is 11.0. The van der Waals surface area contributed by atoms with Gasteiger partial charge in [-0.25, -0.2) is 0 Å². The van der Waals surface area contributed by atoms with Crippen LogP contribution in [0.4, 0.5) is 11.4 Å². The summed E-state index contributed by atoms with van der Waals surface area (Å²) in [6.45, 7) is 5.22. The molecule has 5 nitrogen and oxygen atoms in total. The monoisotopic (exact) mass is 291 g/mol. The molecule has 1 unspecified atom stereocenters. The number of hydrogen-bond acceptors (Lipinski definition) is 4. The highest BCUT2D eigenvalue weighted by Gasteiger charge is 2.18. The molecule has 1 N–H and O–H groups in total. The SMILES string of the molecule is CCC1CCCN(Cc2cc([N+](=O)[O-])ccc2NC)CC1. The standard InChI is InChI=1S/C16H25N3O2/c1-3-13-5-4-9-18(10-8-13)12-14-11-15(19(20)21)6-7-16(14)17-2/h6-7,11,13,17H,3-5,8-10,12H2,1-2H3. The number of hydrogen-bond donors (Lipinski definition) is 1. The van der Waals surface area contributed by atoms with Crippen molar-refractivity contribution >= 4 is 11.4 Å². The van der Waals surface area contributed by atoms with Crippen LogP contribution in [0, 0.1) is 16.0 Å². The molecule has 116 valence electrons. The van der Waals surface area contributed by atoms with E-state index in [9.17, 15) is 10.1 Å². The number of nitro groups is 1. The lowest BCUT2D eigenvalue weighted by molar-refractivity contribution is -0.384. The number of non-ortho nitro benzene ring substituents is 1. The second-order valence-corrected chi connectivity index (χ2v) is 5.83. The summed E-state index contributed by atoms with van der Waals surface area (Å²) in [6, 6.07) is 5.07. The molecule has 1 heterocycles. The molecule has 5 heteroatoms. The predicted molar refractivity (Wildman–Crippen MR) is 85.6 cm³/mol. The first-order valence-corrected chi connectivity index (χ1v) is 7.81. The summed E-state index contributed by atoms with van der Waals surface area (Å²) in [5, 5.41) is 14.1. The van der Waals surface area contributed by atoms with Crippen LogP contribution in [0.3, 0.4) is 0 Å². The molecule has 1 aromatic carbocycles. The van der Waals surface area contributed by atoms with Gasteiger partial charge < -0.3 is 5.32 Å². The quantitative estimate of drug-likeness (QED) is 0.664. The predicted octanol–water partition coefficient (Wildman–Crippen LogP) is 3.65. The van der Waals surface area contributed by atoms with Gasteiger partial charge in [-0.05, 0) is 49.9 Å². The van der Waals surface area contributed by atoms with E-state index < -0.39 is 0 Å². The van der Waals surface area contributed by atoms with E-state index in [1.807, 2.05) is 7.05 Å². The molecule has 0 aliphatic carbocycles. The first-order chi connectivity index (χ1) is 10.1. The van der Waals surface area contributed by atoms with Crippen LogP contribution in [0.5, 0.6) is 0 Å². The first-order valence-electron chi connectivity index (χ1n) is 7.81. The topological polar surface area (TPSA) is 58.4 Å². The van der Waals surface area contributed by atoms with Gasteiger partial charge in [0.05, 0.1) is 4.92 Å². The van der Waals surface area contributed by atoms with Gasteiger partial charge in [-0.2, -0.15) is 0 Å². The zero-order valence-corrected chi connectivity index (χ0v) is 13.0. The Balaban J connectivity index is 2.10. The van der Waals surface area contributed by atoms with Gasteiger partial charge in [0.25, 0.3) is 5.69 Å². The van der Waals surface area contributed by atoms with Crippen LogP contribution < -0.4 is 5.32 Å². The summed E-state index contributed by atoms with van der Waals surface area (Å²) < 4.78 is 0. The normalized spacial score (nSPS) is 20.0. The molecule has 1 saturated heterocycles. The van der Waals surface area contributed by atoms with Crippen molar-refractivity contribution in [1.29, 1.82) is 0 Å². The van der Waals surface area contributed by atoms with Crippen LogP contribution >= 0.6 is 0 Å². The minimum atomic E-state index is -0.321. The van der Waals surface area contributed by atoms with Crippen LogP contribution in [0.2, 0.25) is 0 Å². The van der Waals surface area contributed by atoms with Crippen molar-refractivity contribution in [3.8, 4) is 0 Å². The fourth-order valence-corrected chi connectivity index (χ4v) is 3.10. The number of anilines is 1. The van der Waals surface area contributed by atoms with Crippen LogP contribution in [-0.2, 0) is 6.54 Å². The lowest BCUT2D eigenvalue weighted by Gasteiger charge is -2.21. The zero-order valence-electron chi connectivity index (χ0n) is 13.0. The number of nitrogens with zero attached hydrogens (tertiary/aromatic N) is 2. The number of likely N-dealkylation sites (tertiary alicyclic amines) is 1. The Morgan fingerprint density at radius 2 is 2.19 bits per heavy atom. The molecule has 2 rings (SSSR count). The molecule has 0 radical (unpaired) electrons. The fraction of sp³-hybridized carbons (Fsp3) is 0.625. The van der Waals surface area contributed by atoms with Crippen molar-refractivity contribution in [2.75, 3.05) is 25.5 Å². The Kier molecular flexibility index (Phi) is 5.56. The summed E-state index contributed by atoms with van der Waals surface area (Å²) >= 11 is 0. The highest BCUT2D eigenvalue weighted by Crippen LogP contribution is 2.26. The van der Waals surface area contributed by atoms with E-state index in [0.717, 1.165) is 36.8 Å². The van der Waals surface area contributed by atoms with Crippen molar-refractivity contribution < 1.29 is 4.92 Å². The van der Waals surface area contributed by atoms with Crippen molar-refractivity contribution in [1.82, 2.24) is 4.90 Å². The van der Waals surface area contributed by atoms with Crippen molar-refractivity contribution in [2.45, 2.75) is 39.2 Å². The minimum Gasteiger partial charge on any atom is -0.388 e. The molecule has 1 aliphatic heterocycles. The number of nitrogens with one attached hydrogen (secondary N) is 1. The van der Waals surface area contributed by atoms with Crippen LogP contribution in [0.15, 0.2) is 18.2 Å². The molecule has 0 bridgehead atoms. The Labute approximate surface area is 126 Å². The summed E-state index contributed by atoms with van der Waals surface area (Å²) in [6.07, 6.45) is 5.02. The van der Waals surface area contributed by atoms with Crippen molar-refractivity contribution in [2.24, 2.45) is 5.92 Å². The third kappa shape index (κ3) is 4.17. The molecule has 0 saturated carbocycles. The molecule has 0 aromatic heterocycles. The molecule has 1 atom stereocenters. The van der Waals surface area contributed by atoms with E-state index in [2.05, 4.69) is 17.1 Å². The second kappa shape index (κ2) is 7.41. The third-order valence-electron chi connectivity index (χ3n) is 4.48. The van der Waals surface area contributed by atoms with E-state index in [0.29, 0.717) is 0 Å². The van der Waals surface area contributed by atoms with Gasteiger partial charge in [0.15, 0.2) is 0 Å². The van der Waals surface area contributed by atoms with E-state index in [-0.39, 0.29) is 10.6 Å². The molecule has 1 fully saturated rings. The maximum Gasteiger partial charge on any atom is 0.269 e. The Morgan fingerprint density at radius 1 is 1.38 bits per heavy atom. The summed E-state index contributed by atoms with van der Waals surface area (Å²) in [7, 11) is 1.86. The lowest BCUT2D eigenvalue weighted by atomic mass is 9.98. The fourth-order valence-electron chi connectivity index (χ4n) is 3.10. The molecule has 1 aromatic rings. The lowest BCUT2D eigenvalue weighted by Crippen LogP contribution is -2.24. The highest BCUT2D eigenvalue weighted by atomic mass is 16.6. The van der Waals surface area contributed by atoms with Gasteiger partial charge >= 0.3 is 0 Å². The van der Waals surface area contributed by atoms with E-state index >= 15 is 0 Å². The Morgan fingerprint density at radius 3 is 2.86 bits per heavy atom. The van der Waals surface area contributed by atoms with Crippen LogP contribution in [0.1, 0.15) is 38.2 Å². The number of rotatable bonds is 5. The highest BCUT2D eigenvalue weighted by molar-refractivity contribution is 5.55. The second-order valence-electron chi connectivity index (χ2n) is 5.83. The van der Waals surface area contributed by atoms with Crippen LogP contribution in [0.25, 0.3) is 0 Å². The molecule has 0 spiro atoms. The minimum absolute atomic E-state index is 0.172. The summed E-state index contributed by atoms with van der Waals surface area (Å²) in [5.74, 6) is 0.837. The number of nitro benzene ring substituents is 1. The molecule has 21 heavy (non-hydrogen) atoms. The van der Waals surface area contributed by atoms with Gasteiger partial charge in [-0.3, -0.25) is 15.0 Å². The van der Waals surface area contributed by atoms with Gasteiger partial charge in [0.1, 0.15) is 0 Å². The molecule has 0 amide bonds. The van der Waals surface area contributed by atoms with E-state index in [1.165, 1.54) is 25.7 Å². The molecule has 1 aliphatic rings. The van der Waals surface area contributed by atoms with Gasteiger partial charge in [-0.15, -0.1) is 0 Å². The largest absolute Gasteiger partial charge is 0.388 e. The number of benzene rings is 1. The smallest absolute Gasteiger partial charge is 0.269 e. The van der Waals surface area contributed by atoms with Gasteiger partial charge in [0.2, 0.25) is 0 Å².